The van der Waals surface area contributed by atoms with Gasteiger partial charge in [0.25, 0.3) is 5.91 Å². The molecule has 0 aliphatic carbocycles. The summed E-state index contributed by atoms with van der Waals surface area (Å²) in [6.07, 6.45) is 2.56. The van der Waals surface area contributed by atoms with Crippen LogP contribution in [0.4, 0.5) is 10.2 Å². The number of amides is 1. The van der Waals surface area contributed by atoms with Gasteiger partial charge in [0.15, 0.2) is 0 Å². The van der Waals surface area contributed by atoms with E-state index in [4.69, 9.17) is 4.74 Å². The third kappa shape index (κ3) is 6.17. The zero-order valence-electron chi connectivity index (χ0n) is 19.0. The van der Waals surface area contributed by atoms with E-state index >= 15 is 0 Å². The fourth-order valence-electron chi connectivity index (χ4n) is 4.15. The van der Waals surface area contributed by atoms with Crippen LogP contribution in [0.2, 0.25) is 0 Å². The molecule has 6 heteroatoms. The Hall–Kier alpha value is -3.25. The van der Waals surface area contributed by atoms with Crippen LogP contribution in [0.1, 0.15) is 28.4 Å². The van der Waals surface area contributed by atoms with E-state index < -0.39 is 0 Å². The average Bonchev–Trinajstić information content (AvgIpc) is 2.86. The lowest BCUT2D eigenvalue weighted by atomic mass is 9.96. The van der Waals surface area contributed by atoms with Crippen molar-refractivity contribution in [2.75, 3.05) is 37.7 Å². The SMILES string of the molecule is CC(COCc1ccc(F)cc1)Cc1ccccc1C(=O)N1CCN(c2ccccn2)CC1. The van der Waals surface area contributed by atoms with E-state index in [-0.39, 0.29) is 17.6 Å². The average molecular weight is 448 g/mol. The molecule has 1 aliphatic rings. The van der Waals surface area contributed by atoms with Gasteiger partial charge in [0.05, 0.1) is 6.61 Å². The summed E-state index contributed by atoms with van der Waals surface area (Å²) in [7, 11) is 0. The first kappa shape index (κ1) is 22.9. The topological polar surface area (TPSA) is 45.7 Å². The molecule has 172 valence electrons. The molecule has 0 bridgehead atoms. The summed E-state index contributed by atoms with van der Waals surface area (Å²) in [6.45, 7) is 6.06. The van der Waals surface area contributed by atoms with E-state index in [9.17, 15) is 9.18 Å². The van der Waals surface area contributed by atoms with Crippen LogP contribution in [-0.4, -0.2) is 48.6 Å². The highest BCUT2D eigenvalue weighted by Crippen LogP contribution is 2.19. The molecule has 1 atom stereocenters. The first-order chi connectivity index (χ1) is 16.1. The van der Waals surface area contributed by atoms with Crippen molar-refractivity contribution < 1.29 is 13.9 Å². The molecule has 5 nitrogen and oxygen atoms in total. The van der Waals surface area contributed by atoms with Crippen molar-refractivity contribution in [3.8, 4) is 0 Å². The molecule has 1 aromatic heterocycles. The van der Waals surface area contributed by atoms with E-state index in [0.717, 1.165) is 42.0 Å². The lowest BCUT2D eigenvalue weighted by Gasteiger charge is -2.35. The predicted molar refractivity (Wildman–Crippen MR) is 128 cm³/mol. The van der Waals surface area contributed by atoms with Crippen LogP contribution >= 0.6 is 0 Å². The number of nitrogens with zero attached hydrogens (tertiary/aromatic N) is 3. The number of ether oxygens (including phenoxy) is 1. The van der Waals surface area contributed by atoms with Gasteiger partial charge in [-0.05, 0) is 53.8 Å². The van der Waals surface area contributed by atoms with E-state index in [1.54, 1.807) is 18.3 Å². The van der Waals surface area contributed by atoms with Crippen LogP contribution in [0.25, 0.3) is 0 Å². The van der Waals surface area contributed by atoms with E-state index in [0.29, 0.717) is 26.3 Å². The van der Waals surface area contributed by atoms with Crippen LogP contribution in [0.15, 0.2) is 72.9 Å². The maximum absolute atomic E-state index is 13.3. The van der Waals surface area contributed by atoms with E-state index in [1.165, 1.54) is 12.1 Å². The molecular formula is C27H30FN3O2. The van der Waals surface area contributed by atoms with Crippen LogP contribution in [0.5, 0.6) is 0 Å². The van der Waals surface area contributed by atoms with Crippen LogP contribution in [-0.2, 0) is 17.8 Å². The largest absolute Gasteiger partial charge is 0.376 e. The fraction of sp³-hybridized carbons (Fsp3) is 0.333. The van der Waals surface area contributed by atoms with Crippen molar-refractivity contribution in [2.45, 2.75) is 20.0 Å². The summed E-state index contributed by atoms with van der Waals surface area (Å²) >= 11 is 0. The van der Waals surface area contributed by atoms with Gasteiger partial charge < -0.3 is 14.5 Å². The number of halogens is 1. The smallest absolute Gasteiger partial charge is 0.254 e. The molecule has 2 heterocycles. The number of hydrogen-bond donors (Lipinski definition) is 0. The lowest BCUT2D eigenvalue weighted by Crippen LogP contribution is -2.49. The lowest BCUT2D eigenvalue weighted by molar-refractivity contribution is 0.0742. The van der Waals surface area contributed by atoms with Crippen molar-refractivity contribution in [2.24, 2.45) is 5.92 Å². The number of rotatable bonds is 8. The number of benzene rings is 2. The Balaban J connectivity index is 1.31. The number of carbonyl (C=O) groups is 1. The summed E-state index contributed by atoms with van der Waals surface area (Å²) in [5.41, 5.74) is 2.77. The van der Waals surface area contributed by atoms with Gasteiger partial charge in [0, 0.05) is 44.5 Å². The minimum absolute atomic E-state index is 0.0886. The van der Waals surface area contributed by atoms with Gasteiger partial charge >= 0.3 is 0 Å². The fourth-order valence-corrected chi connectivity index (χ4v) is 4.15. The molecule has 1 saturated heterocycles. The molecule has 4 rings (SSSR count). The maximum atomic E-state index is 13.3. The number of pyridine rings is 1. The van der Waals surface area contributed by atoms with Gasteiger partial charge in [-0.25, -0.2) is 9.37 Å². The molecule has 1 unspecified atom stereocenters. The second kappa shape index (κ2) is 11.1. The summed E-state index contributed by atoms with van der Waals surface area (Å²) in [5.74, 6) is 1.05. The second-order valence-corrected chi connectivity index (χ2v) is 8.58. The van der Waals surface area contributed by atoms with Crippen LogP contribution in [0.3, 0.4) is 0 Å². The highest BCUT2D eigenvalue weighted by atomic mass is 19.1. The molecule has 1 amide bonds. The molecule has 1 aliphatic heterocycles. The van der Waals surface area contributed by atoms with Crippen molar-refractivity contribution in [3.63, 3.8) is 0 Å². The van der Waals surface area contributed by atoms with Crippen molar-refractivity contribution in [1.29, 1.82) is 0 Å². The van der Waals surface area contributed by atoms with Gasteiger partial charge in [-0.15, -0.1) is 0 Å². The summed E-state index contributed by atoms with van der Waals surface area (Å²) in [4.78, 5) is 21.9. The van der Waals surface area contributed by atoms with Crippen molar-refractivity contribution in [1.82, 2.24) is 9.88 Å². The Labute approximate surface area is 194 Å². The van der Waals surface area contributed by atoms with Gasteiger partial charge in [0.2, 0.25) is 0 Å². The molecule has 1 fully saturated rings. The Morgan fingerprint density at radius 3 is 2.45 bits per heavy atom. The number of hydrogen-bond acceptors (Lipinski definition) is 4. The monoisotopic (exact) mass is 447 g/mol. The Morgan fingerprint density at radius 1 is 1.00 bits per heavy atom. The summed E-state index contributed by atoms with van der Waals surface area (Å²) < 4.78 is 18.9. The quantitative estimate of drug-likeness (QED) is 0.507. The molecule has 33 heavy (non-hydrogen) atoms. The minimum Gasteiger partial charge on any atom is -0.376 e. The molecule has 0 radical (unpaired) electrons. The van der Waals surface area contributed by atoms with Crippen LogP contribution in [0, 0.1) is 11.7 Å². The Bertz CT molecular complexity index is 1030. The molecule has 0 spiro atoms. The van der Waals surface area contributed by atoms with Gasteiger partial charge in [-0.1, -0.05) is 43.3 Å². The van der Waals surface area contributed by atoms with E-state index in [2.05, 4.69) is 16.8 Å². The number of piperazine rings is 1. The zero-order chi connectivity index (χ0) is 23.0. The first-order valence-corrected chi connectivity index (χ1v) is 11.5. The van der Waals surface area contributed by atoms with E-state index in [1.807, 2.05) is 47.4 Å². The number of aromatic nitrogens is 1. The highest BCUT2D eigenvalue weighted by molar-refractivity contribution is 5.95. The Morgan fingerprint density at radius 2 is 1.73 bits per heavy atom. The second-order valence-electron chi connectivity index (χ2n) is 8.58. The molecule has 2 aromatic carbocycles. The number of anilines is 1. The first-order valence-electron chi connectivity index (χ1n) is 11.5. The van der Waals surface area contributed by atoms with Gasteiger partial charge in [0.1, 0.15) is 11.6 Å². The highest BCUT2D eigenvalue weighted by Gasteiger charge is 2.24. The van der Waals surface area contributed by atoms with Gasteiger partial charge in [-0.3, -0.25) is 4.79 Å². The molecule has 0 N–H and O–H groups in total. The standard InChI is InChI=1S/C27H30FN3O2/c1-21(19-33-20-22-9-11-24(28)12-10-22)18-23-6-2-3-7-25(23)27(32)31-16-14-30(15-17-31)26-8-4-5-13-29-26/h2-13,21H,14-20H2,1H3. The predicted octanol–water partition coefficient (Wildman–Crippen LogP) is 4.58. The van der Waals surface area contributed by atoms with Crippen LogP contribution < -0.4 is 4.90 Å². The third-order valence-electron chi connectivity index (χ3n) is 5.94. The minimum atomic E-state index is -0.244. The van der Waals surface area contributed by atoms with Crippen molar-refractivity contribution >= 4 is 11.7 Å². The number of carbonyl (C=O) groups excluding carboxylic acids is 1. The zero-order valence-corrected chi connectivity index (χ0v) is 19.0. The molecular weight excluding hydrogens is 417 g/mol. The summed E-state index contributed by atoms with van der Waals surface area (Å²) in [6, 6.07) is 20.1. The van der Waals surface area contributed by atoms with Crippen molar-refractivity contribution in [3.05, 3.63) is 95.4 Å². The normalized spacial score (nSPS) is 14.8. The molecule has 0 saturated carbocycles. The molecule has 3 aromatic rings. The van der Waals surface area contributed by atoms with Gasteiger partial charge in [-0.2, -0.15) is 0 Å². The summed E-state index contributed by atoms with van der Waals surface area (Å²) in [5, 5.41) is 0. The Kier molecular flexibility index (Phi) is 7.68. The maximum Gasteiger partial charge on any atom is 0.254 e. The third-order valence-corrected chi connectivity index (χ3v) is 5.94.